The van der Waals surface area contributed by atoms with Crippen LogP contribution in [0, 0.1) is 0 Å². The maximum absolute atomic E-state index is 10.1. The summed E-state index contributed by atoms with van der Waals surface area (Å²) >= 11 is 7.86. The highest BCUT2D eigenvalue weighted by molar-refractivity contribution is 8.59. The first-order valence-corrected chi connectivity index (χ1v) is 6.34. The van der Waals surface area contributed by atoms with Gasteiger partial charge >= 0.3 is 5.97 Å². The van der Waals surface area contributed by atoms with Gasteiger partial charge in [0, 0.05) is 0 Å². The predicted octanol–water partition coefficient (Wildman–Crippen LogP) is -0.439. The number of aliphatic carboxylic acids is 1. The van der Waals surface area contributed by atoms with Crippen molar-refractivity contribution in [3.05, 3.63) is 0 Å². The quantitative estimate of drug-likeness (QED) is 0.377. The Labute approximate surface area is 73.9 Å². The van der Waals surface area contributed by atoms with E-state index in [-0.39, 0.29) is 6.61 Å². The lowest BCUT2D eigenvalue weighted by Crippen LogP contribution is -2.34. The van der Waals surface area contributed by atoms with Gasteiger partial charge in [0.05, 0.1) is 6.61 Å². The lowest BCUT2D eigenvalue weighted by atomic mass is 10.3. The van der Waals surface area contributed by atoms with Crippen LogP contribution in [-0.2, 0) is 21.1 Å². The monoisotopic (exact) mass is 217 g/mol. The molecule has 0 aliphatic carbocycles. The summed E-state index contributed by atoms with van der Waals surface area (Å²) in [6, 6.07) is -1.17. The zero-order chi connectivity index (χ0) is 9.07. The van der Waals surface area contributed by atoms with E-state index in [4.69, 9.17) is 15.7 Å². The van der Waals surface area contributed by atoms with Crippen LogP contribution in [0.2, 0.25) is 0 Å². The molecule has 0 saturated heterocycles. The molecule has 8 heteroatoms. The lowest BCUT2D eigenvalue weighted by Gasteiger charge is -2.10. The first-order chi connectivity index (χ1) is 4.83. The summed E-state index contributed by atoms with van der Waals surface area (Å²) in [7, 11) is 0. The SMILES string of the molecule is N[C@@H](COP(O)(=S)S)C(=O)O. The molecule has 0 fully saturated rings. The minimum atomic E-state index is -3.07. The van der Waals surface area contributed by atoms with Gasteiger partial charge in [-0.05, 0) is 11.8 Å². The van der Waals surface area contributed by atoms with E-state index in [0.717, 1.165) is 0 Å². The van der Waals surface area contributed by atoms with Gasteiger partial charge in [-0.2, -0.15) is 0 Å². The van der Waals surface area contributed by atoms with Gasteiger partial charge in [-0.15, -0.1) is 0 Å². The number of hydrogen-bond donors (Lipinski definition) is 4. The van der Waals surface area contributed by atoms with Crippen LogP contribution < -0.4 is 5.73 Å². The molecule has 0 aromatic heterocycles. The highest BCUT2D eigenvalue weighted by Crippen LogP contribution is 2.47. The van der Waals surface area contributed by atoms with Gasteiger partial charge in [-0.25, -0.2) is 0 Å². The van der Waals surface area contributed by atoms with Crippen molar-refractivity contribution in [3.8, 4) is 0 Å². The molecule has 0 spiro atoms. The second kappa shape index (κ2) is 4.39. The van der Waals surface area contributed by atoms with Gasteiger partial charge in [0.15, 0.2) is 0 Å². The summed E-state index contributed by atoms with van der Waals surface area (Å²) in [5, 5.41) is 8.25. The zero-order valence-electron chi connectivity index (χ0n) is 5.38. The van der Waals surface area contributed by atoms with Gasteiger partial charge < -0.3 is 20.3 Å². The van der Waals surface area contributed by atoms with Crippen LogP contribution >= 0.6 is 17.9 Å². The van der Waals surface area contributed by atoms with Crippen molar-refractivity contribution in [1.29, 1.82) is 0 Å². The van der Waals surface area contributed by atoms with Crippen LogP contribution in [0.3, 0.4) is 0 Å². The molecule has 0 aliphatic heterocycles. The molecular formula is C3H8NO4PS2. The molecule has 0 aromatic carbocycles. The number of carboxylic acids is 1. The van der Waals surface area contributed by atoms with Crippen molar-refractivity contribution >= 4 is 35.7 Å². The molecule has 0 bridgehead atoms. The van der Waals surface area contributed by atoms with Crippen molar-refractivity contribution < 1.29 is 19.3 Å². The Kier molecular flexibility index (Phi) is 4.53. The second-order valence-corrected chi connectivity index (χ2v) is 6.89. The van der Waals surface area contributed by atoms with Crippen LogP contribution in [0.25, 0.3) is 0 Å². The van der Waals surface area contributed by atoms with Gasteiger partial charge in [0.1, 0.15) is 6.04 Å². The Hall–Kier alpha value is 0.350. The predicted molar refractivity (Wildman–Crippen MR) is 47.1 cm³/mol. The third-order valence-corrected chi connectivity index (χ3v) is 1.89. The average molecular weight is 217 g/mol. The fraction of sp³-hybridized carbons (Fsp3) is 0.667. The van der Waals surface area contributed by atoms with Crippen LogP contribution in [0.4, 0.5) is 0 Å². The van der Waals surface area contributed by atoms with Crippen LogP contribution in [0.5, 0.6) is 0 Å². The molecule has 11 heavy (non-hydrogen) atoms. The van der Waals surface area contributed by atoms with E-state index in [1.165, 1.54) is 0 Å². The maximum atomic E-state index is 10.1. The third kappa shape index (κ3) is 6.74. The van der Waals surface area contributed by atoms with E-state index in [1.807, 2.05) is 0 Å². The Morgan fingerprint density at radius 1 is 1.91 bits per heavy atom. The molecule has 0 heterocycles. The number of rotatable bonds is 4. The highest BCUT2D eigenvalue weighted by Gasteiger charge is 2.15. The van der Waals surface area contributed by atoms with E-state index in [2.05, 4.69) is 28.6 Å². The molecule has 0 aliphatic rings. The summed E-state index contributed by atoms with van der Waals surface area (Å²) in [4.78, 5) is 18.9. The molecule has 4 N–H and O–H groups in total. The number of nitrogens with two attached hydrogens (primary N) is 1. The molecule has 0 amide bonds. The Morgan fingerprint density at radius 2 is 2.36 bits per heavy atom. The molecule has 1 unspecified atom stereocenters. The van der Waals surface area contributed by atoms with Crippen molar-refractivity contribution in [2.24, 2.45) is 5.73 Å². The smallest absolute Gasteiger partial charge is 0.322 e. The van der Waals surface area contributed by atoms with Gasteiger partial charge in [0.25, 0.3) is 0 Å². The summed E-state index contributed by atoms with van der Waals surface area (Å²) in [5.41, 5.74) is 1.95. The second-order valence-electron chi connectivity index (χ2n) is 1.73. The maximum Gasteiger partial charge on any atom is 0.322 e. The van der Waals surface area contributed by atoms with Crippen LogP contribution in [-0.4, -0.2) is 28.6 Å². The zero-order valence-corrected chi connectivity index (χ0v) is 7.98. The largest absolute Gasteiger partial charge is 0.480 e. The van der Waals surface area contributed by atoms with E-state index < -0.39 is 17.7 Å². The van der Waals surface area contributed by atoms with Crippen molar-refractivity contribution in [3.63, 3.8) is 0 Å². The number of carbonyl (C=O) groups is 1. The Balaban J connectivity index is 3.72. The third-order valence-electron chi connectivity index (χ3n) is 0.739. The van der Waals surface area contributed by atoms with E-state index in [1.54, 1.807) is 0 Å². The topological polar surface area (TPSA) is 92.8 Å². The minimum absolute atomic E-state index is 0.327. The number of carboxylic acid groups (broad SMARTS) is 1. The van der Waals surface area contributed by atoms with Crippen molar-refractivity contribution in [2.75, 3.05) is 6.61 Å². The molecule has 0 rings (SSSR count). The van der Waals surface area contributed by atoms with E-state index in [9.17, 15) is 4.79 Å². The van der Waals surface area contributed by atoms with Gasteiger partial charge in [-0.1, -0.05) is 12.2 Å². The summed E-state index contributed by atoms with van der Waals surface area (Å²) in [5.74, 6) is -1.21. The fourth-order valence-electron chi connectivity index (χ4n) is 0.249. The van der Waals surface area contributed by atoms with Crippen LogP contribution in [0.15, 0.2) is 0 Å². The molecule has 5 nitrogen and oxygen atoms in total. The normalized spacial score (nSPS) is 18.8. The van der Waals surface area contributed by atoms with E-state index >= 15 is 0 Å². The van der Waals surface area contributed by atoms with E-state index in [0.29, 0.717) is 0 Å². The van der Waals surface area contributed by atoms with Crippen LogP contribution in [0.1, 0.15) is 0 Å². The summed E-state index contributed by atoms with van der Waals surface area (Å²) in [6.07, 6.45) is 0. The Morgan fingerprint density at radius 3 is 2.64 bits per heavy atom. The fourth-order valence-corrected chi connectivity index (χ4v) is 0.986. The van der Waals surface area contributed by atoms with Gasteiger partial charge in [-0.3, -0.25) is 4.79 Å². The minimum Gasteiger partial charge on any atom is -0.480 e. The lowest BCUT2D eigenvalue weighted by molar-refractivity contribution is -0.139. The summed E-state index contributed by atoms with van der Waals surface area (Å²) < 4.78 is 4.49. The molecule has 66 valence electrons. The first kappa shape index (κ1) is 11.4. The molecule has 0 radical (unpaired) electrons. The Bertz CT molecular complexity index is 192. The van der Waals surface area contributed by atoms with Crippen molar-refractivity contribution in [2.45, 2.75) is 6.04 Å². The van der Waals surface area contributed by atoms with Gasteiger partial charge in [0.2, 0.25) is 5.69 Å². The number of thiol groups is 1. The number of hydrogen-bond acceptors (Lipinski definition) is 4. The average Bonchev–Trinajstić information content (AvgIpc) is 1.80. The standard InChI is InChI=1S/C3H8NO4PS2/c4-2(3(5)6)1-8-9(7,10)11/h2H,1,4H2,(H,5,6)(H2,7,10,11)/t2-/m0/s1. The molecular weight excluding hydrogens is 209 g/mol. The van der Waals surface area contributed by atoms with Crippen molar-refractivity contribution in [1.82, 2.24) is 0 Å². The molecule has 0 aromatic rings. The molecule has 2 atom stereocenters. The molecule has 0 saturated carbocycles. The first-order valence-electron chi connectivity index (χ1n) is 2.51. The highest BCUT2D eigenvalue weighted by atomic mass is 32.9. The summed E-state index contributed by atoms with van der Waals surface area (Å²) in [6.45, 7) is -0.327.